The number of hydrogen-bond acceptors (Lipinski definition) is 0. The fourth-order valence-electron chi connectivity index (χ4n) is 0. The minimum absolute atomic E-state index is 0. The van der Waals surface area contributed by atoms with Crippen LogP contribution >= 0.6 is 0 Å². The van der Waals surface area contributed by atoms with Crippen LogP contribution in [-0.2, 0) is 21.9 Å². The molecule has 1 radical (unpaired) electrons. The Morgan fingerprint density at radius 3 is 0.429 bits per heavy atom. The van der Waals surface area contributed by atoms with Crippen LogP contribution in [-0.4, -0.2) is 39.6 Å². The van der Waals surface area contributed by atoms with E-state index < -0.39 is 0 Å². The minimum Gasteiger partial charge on any atom is -2.00 e. The fraction of sp³-hybridized carbons (Fsp3) is 0. The zero-order valence-electron chi connectivity index (χ0n) is 3.17. The molecule has 0 aromatic carbocycles. The molecular weight excluding hydrogens is 355 g/mol. The average Bonchev–Trinajstić information content (AvgIpc) is 0. The number of hydrogen-bond donors (Lipinski definition) is 0. The van der Waals surface area contributed by atoms with E-state index in [1.807, 2.05) is 0 Å². The maximum Gasteiger partial charge on any atom is 3.00 e. The second-order valence-electron chi connectivity index (χ2n) is 0. The summed E-state index contributed by atoms with van der Waals surface area (Å²) >= 11 is 0. The summed E-state index contributed by atoms with van der Waals surface area (Å²) in [6, 6.07) is 0. The van der Waals surface area contributed by atoms with E-state index in [0.717, 1.165) is 0 Å². The van der Waals surface area contributed by atoms with E-state index in [1.165, 1.54) is 0 Å². The van der Waals surface area contributed by atoms with Crippen molar-refractivity contribution in [1.82, 2.24) is 0 Å². The van der Waals surface area contributed by atoms with Crippen molar-refractivity contribution in [3.8, 4) is 0 Å². The van der Waals surface area contributed by atoms with E-state index >= 15 is 0 Å². The Morgan fingerprint density at radius 2 is 0.429 bits per heavy atom. The molecule has 0 unspecified atom stereocenters. The van der Waals surface area contributed by atoms with Gasteiger partial charge in [0, 0.05) is 0 Å². The maximum atomic E-state index is 0. The van der Waals surface area contributed by atoms with Crippen molar-refractivity contribution < 1.29 is 71.3 Å². The predicted molar refractivity (Wildman–Crippen MR) is 14.3 cm³/mol. The van der Waals surface area contributed by atoms with Gasteiger partial charge in [-0.1, -0.05) is 0 Å². The Morgan fingerprint density at radius 1 is 0.429 bits per heavy atom. The van der Waals surface area contributed by atoms with Gasteiger partial charge in [-0.15, -0.1) is 0 Å². The van der Waals surface area contributed by atoms with E-state index in [2.05, 4.69) is 0 Å². The van der Waals surface area contributed by atoms with Gasteiger partial charge in [-0.05, 0) is 0 Å². The van der Waals surface area contributed by atoms with E-state index in [1.54, 1.807) is 0 Å². The molecule has 0 bridgehead atoms. The quantitative estimate of drug-likeness (QED) is 0.484. The number of rotatable bonds is 0. The van der Waals surface area contributed by atoms with Crippen LogP contribution in [0.2, 0.25) is 0 Å². The summed E-state index contributed by atoms with van der Waals surface area (Å²) in [5.74, 6) is 0. The predicted octanol–water partition coefficient (Wildman–Crippen LogP) is -1.24. The second kappa shape index (κ2) is 70.8. The van der Waals surface area contributed by atoms with Crippen LogP contribution in [0.25, 0.3) is 0 Å². The smallest absolute Gasteiger partial charge is 2.00 e. The topological polar surface area (TPSA) is 114 Å². The van der Waals surface area contributed by atoms with Crippen LogP contribution in [0.4, 0.5) is 0 Å². The molecule has 0 aliphatic rings. The van der Waals surface area contributed by atoms with Gasteiger partial charge in [0.1, 0.15) is 0 Å². The third-order valence-corrected chi connectivity index (χ3v) is 0. The van der Waals surface area contributed by atoms with Crippen LogP contribution in [0.15, 0.2) is 0 Å². The van der Waals surface area contributed by atoms with Gasteiger partial charge in [0.15, 0.2) is 0 Å². The zero-order chi connectivity index (χ0) is 0. The van der Waals surface area contributed by atoms with Crippen LogP contribution in [0.3, 0.4) is 0 Å². The summed E-state index contributed by atoms with van der Waals surface area (Å²) in [6.07, 6.45) is 0. The normalized spacial score (nSPS) is 0. The third-order valence-electron chi connectivity index (χ3n) is 0. The van der Waals surface area contributed by atoms with Crippen LogP contribution < -0.4 is 0 Å². The summed E-state index contributed by atoms with van der Waals surface area (Å²) in [7, 11) is 0. The van der Waals surface area contributed by atoms with Crippen LogP contribution in [0.1, 0.15) is 0 Å². The molecule has 0 aromatic rings. The van der Waals surface area contributed by atoms with Crippen LogP contribution in [0, 0.1) is 49.4 Å². The Bertz CT molecular complexity index is 9.65. The molecule has 7 heteroatoms. The molecule has 0 amide bonds. The first-order valence-corrected chi connectivity index (χ1v) is 0. The molecule has 37 valence electrons. The molecule has 0 aliphatic carbocycles. The Kier molecular flexibility index (Phi) is 1020. The van der Waals surface area contributed by atoms with Gasteiger partial charge in [-0.25, -0.2) is 0 Å². The molecule has 0 saturated carbocycles. The fourth-order valence-corrected chi connectivity index (χ4v) is 0. The van der Waals surface area contributed by atoms with E-state index in [4.69, 9.17) is 0 Å². The standard InChI is InChI=1S/Eu.2Ga.4O/q+2;2*+3;4*-2. The zero-order valence-corrected chi connectivity index (χ0v) is 10.4. The summed E-state index contributed by atoms with van der Waals surface area (Å²) in [5, 5.41) is 0. The molecule has 7 heavy (non-hydrogen) atoms. The summed E-state index contributed by atoms with van der Waals surface area (Å²) < 4.78 is 0. The first kappa shape index (κ1) is 101. The monoisotopic (exact) mass is 355 g/mol. The van der Waals surface area contributed by atoms with Gasteiger partial charge in [0.05, 0.1) is 0 Å². The van der Waals surface area contributed by atoms with Crippen molar-refractivity contribution in [1.29, 1.82) is 0 Å². The molecule has 4 nitrogen and oxygen atoms in total. The Labute approximate surface area is 109 Å². The molecule has 0 rings (SSSR count). The van der Waals surface area contributed by atoms with Crippen molar-refractivity contribution >= 4 is 39.6 Å². The van der Waals surface area contributed by atoms with Gasteiger partial charge in [-0.3, -0.25) is 0 Å². The van der Waals surface area contributed by atoms with E-state index in [-0.39, 0.29) is 111 Å². The minimum atomic E-state index is 0. The first-order valence-electron chi connectivity index (χ1n) is 0. The van der Waals surface area contributed by atoms with Gasteiger partial charge in [-0.2, -0.15) is 0 Å². The molecule has 0 N–H and O–H groups in total. The van der Waals surface area contributed by atoms with Crippen LogP contribution in [0.5, 0.6) is 0 Å². The first-order chi connectivity index (χ1) is 0. The molecule has 0 aromatic heterocycles. The molecule has 0 atom stereocenters. The molecule has 0 fully saturated rings. The van der Waals surface area contributed by atoms with Crippen molar-refractivity contribution in [2.75, 3.05) is 0 Å². The summed E-state index contributed by atoms with van der Waals surface area (Å²) in [6.45, 7) is 0. The van der Waals surface area contributed by atoms with Crippen molar-refractivity contribution in [2.24, 2.45) is 0 Å². The van der Waals surface area contributed by atoms with Gasteiger partial charge in [0.25, 0.3) is 0 Å². The van der Waals surface area contributed by atoms with Gasteiger partial charge < -0.3 is 21.9 Å². The van der Waals surface area contributed by atoms with E-state index in [0.29, 0.717) is 0 Å². The van der Waals surface area contributed by atoms with E-state index in [9.17, 15) is 0 Å². The second-order valence-corrected chi connectivity index (χ2v) is 0. The Hall–Kier alpha value is 2.70. The summed E-state index contributed by atoms with van der Waals surface area (Å²) in [4.78, 5) is 0. The van der Waals surface area contributed by atoms with Gasteiger partial charge >= 0.3 is 89.0 Å². The average molecular weight is 355 g/mol. The van der Waals surface area contributed by atoms with Crippen molar-refractivity contribution in [3.63, 3.8) is 0 Å². The summed E-state index contributed by atoms with van der Waals surface area (Å²) in [5.41, 5.74) is 0. The molecule has 0 spiro atoms. The van der Waals surface area contributed by atoms with Crippen molar-refractivity contribution in [2.45, 2.75) is 0 Å². The maximum absolute atomic E-state index is 0. The largest absolute Gasteiger partial charge is 3.00 e. The van der Waals surface area contributed by atoms with Gasteiger partial charge in [0.2, 0.25) is 0 Å². The molecule has 0 heterocycles. The molecule has 0 aliphatic heterocycles. The third kappa shape index (κ3) is 53.6. The molecule has 0 saturated heterocycles. The van der Waals surface area contributed by atoms with Crippen molar-refractivity contribution in [3.05, 3.63) is 0 Å². The Balaban J connectivity index is 0. The SMILES string of the molecule is [Eu+2].[Ga+3].[Ga+3].[O-2].[O-2].[O-2].[O-2]. The molecular formula is EuGa2O4.